The molecule has 3 rings (SSSR count). The number of nitriles is 1. The average Bonchev–Trinajstić information content (AvgIpc) is 3.40. The zero-order chi connectivity index (χ0) is 17.3. The predicted octanol–water partition coefficient (Wildman–Crippen LogP) is 3.87. The normalized spacial score (nSPS) is 26.9. The van der Waals surface area contributed by atoms with Crippen LogP contribution in [-0.4, -0.2) is 24.9 Å². The average molecular weight is 337 g/mol. The van der Waals surface area contributed by atoms with E-state index in [0.29, 0.717) is 37.0 Å². The highest BCUT2D eigenvalue weighted by Gasteiger charge is 2.42. The zero-order valence-electron chi connectivity index (χ0n) is 13.6. The molecule has 1 aromatic rings. The van der Waals surface area contributed by atoms with Crippen LogP contribution in [0.25, 0.3) is 0 Å². The molecule has 0 bridgehead atoms. The van der Waals surface area contributed by atoms with E-state index in [2.05, 4.69) is 10.8 Å². The fourth-order valence-electron chi connectivity index (χ4n) is 3.67. The van der Waals surface area contributed by atoms with Gasteiger partial charge in [-0.25, -0.2) is 0 Å². The van der Waals surface area contributed by atoms with Crippen LogP contribution in [0.5, 0.6) is 11.5 Å². The summed E-state index contributed by atoms with van der Waals surface area (Å²) in [5.41, 5.74) is 0.622. The smallest absolute Gasteiger partial charge is 0.387 e. The minimum absolute atomic E-state index is 0.136. The third kappa shape index (κ3) is 3.05. The Labute approximate surface area is 140 Å². The first-order valence-electron chi connectivity index (χ1n) is 8.26. The van der Waals surface area contributed by atoms with Gasteiger partial charge in [0.25, 0.3) is 0 Å². The molecule has 130 valence electrons. The second-order valence-electron chi connectivity index (χ2n) is 6.64. The van der Waals surface area contributed by atoms with E-state index in [1.165, 1.54) is 13.2 Å². The van der Waals surface area contributed by atoms with Gasteiger partial charge in [-0.05, 0) is 50.5 Å². The van der Waals surface area contributed by atoms with Crippen LogP contribution in [-0.2, 0) is 5.41 Å². The van der Waals surface area contributed by atoms with Crippen molar-refractivity contribution in [3.63, 3.8) is 0 Å². The zero-order valence-corrected chi connectivity index (χ0v) is 13.6. The number of benzene rings is 1. The number of aliphatic hydroxyl groups excluding tert-OH is 1. The summed E-state index contributed by atoms with van der Waals surface area (Å²) in [5, 5.41) is 19.6. The van der Waals surface area contributed by atoms with Crippen molar-refractivity contribution >= 4 is 0 Å². The molecule has 2 fully saturated rings. The standard InChI is InChI=1S/C18H21F2NO3/c1-23-16-13(18(10-21)8-6-12(22)7-9-18)4-5-14(24-17(19)20)15(16)11-2-3-11/h4-5,11-12,17,22H,2-3,6-9H2,1H3/t12-,18+. The molecule has 0 unspecified atom stereocenters. The van der Waals surface area contributed by atoms with Crippen molar-refractivity contribution < 1.29 is 23.4 Å². The highest BCUT2D eigenvalue weighted by molar-refractivity contribution is 5.57. The van der Waals surface area contributed by atoms with Gasteiger partial charge in [-0.3, -0.25) is 0 Å². The fourth-order valence-corrected chi connectivity index (χ4v) is 3.67. The summed E-state index contributed by atoms with van der Waals surface area (Å²) in [6.45, 7) is -2.90. The van der Waals surface area contributed by atoms with E-state index >= 15 is 0 Å². The molecule has 24 heavy (non-hydrogen) atoms. The van der Waals surface area contributed by atoms with Gasteiger partial charge in [-0.15, -0.1) is 0 Å². The Bertz CT molecular complexity index is 644. The molecular weight excluding hydrogens is 316 g/mol. The molecule has 0 aliphatic heterocycles. The third-order valence-corrected chi connectivity index (χ3v) is 5.10. The first kappa shape index (κ1) is 17.0. The van der Waals surface area contributed by atoms with E-state index in [0.717, 1.165) is 18.4 Å². The molecule has 0 atom stereocenters. The summed E-state index contributed by atoms with van der Waals surface area (Å²) in [5.74, 6) is 0.768. The lowest BCUT2D eigenvalue weighted by molar-refractivity contribution is -0.0505. The highest BCUT2D eigenvalue weighted by atomic mass is 19.3. The number of ether oxygens (including phenoxy) is 2. The quantitative estimate of drug-likeness (QED) is 0.886. The van der Waals surface area contributed by atoms with Crippen molar-refractivity contribution in [3.8, 4) is 17.6 Å². The molecular formula is C18H21F2NO3. The first-order valence-corrected chi connectivity index (χ1v) is 8.26. The SMILES string of the molecule is COc1c(C2CC2)c(OC(F)F)ccc1[C@]1(C#N)CC[C@H](O)CC1. The lowest BCUT2D eigenvalue weighted by Crippen LogP contribution is -2.32. The van der Waals surface area contributed by atoms with E-state index in [9.17, 15) is 19.1 Å². The molecule has 0 spiro atoms. The van der Waals surface area contributed by atoms with E-state index in [1.54, 1.807) is 6.07 Å². The summed E-state index contributed by atoms with van der Waals surface area (Å²) in [6.07, 6.45) is 3.56. The monoisotopic (exact) mass is 337 g/mol. The Balaban J connectivity index is 2.08. The Hall–Kier alpha value is -1.87. The Morgan fingerprint density at radius 3 is 2.42 bits per heavy atom. The van der Waals surface area contributed by atoms with E-state index in [1.807, 2.05) is 0 Å². The van der Waals surface area contributed by atoms with Crippen LogP contribution in [0.15, 0.2) is 12.1 Å². The van der Waals surface area contributed by atoms with Crippen LogP contribution in [0.3, 0.4) is 0 Å². The fraction of sp³-hybridized carbons (Fsp3) is 0.611. The third-order valence-electron chi connectivity index (χ3n) is 5.10. The molecule has 0 heterocycles. The molecule has 0 amide bonds. The van der Waals surface area contributed by atoms with Crippen LogP contribution >= 0.6 is 0 Å². The minimum atomic E-state index is -2.90. The number of rotatable bonds is 5. The van der Waals surface area contributed by atoms with Crippen molar-refractivity contribution in [3.05, 3.63) is 23.3 Å². The van der Waals surface area contributed by atoms with Crippen LogP contribution < -0.4 is 9.47 Å². The maximum atomic E-state index is 12.7. The topological polar surface area (TPSA) is 62.5 Å². The van der Waals surface area contributed by atoms with Gasteiger partial charge in [0.2, 0.25) is 0 Å². The van der Waals surface area contributed by atoms with Crippen molar-refractivity contribution in [1.29, 1.82) is 5.26 Å². The van der Waals surface area contributed by atoms with Gasteiger partial charge in [-0.1, -0.05) is 6.07 Å². The number of hydrogen-bond donors (Lipinski definition) is 1. The van der Waals surface area contributed by atoms with Gasteiger partial charge in [0.15, 0.2) is 0 Å². The molecule has 0 saturated heterocycles. The molecule has 4 nitrogen and oxygen atoms in total. The molecule has 0 aromatic heterocycles. The largest absolute Gasteiger partial charge is 0.496 e. The van der Waals surface area contributed by atoms with Gasteiger partial charge < -0.3 is 14.6 Å². The maximum absolute atomic E-state index is 12.7. The van der Waals surface area contributed by atoms with Gasteiger partial charge in [0.1, 0.15) is 11.5 Å². The Morgan fingerprint density at radius 1 is 1.25 bits per heavy atom. The Kier molecular flexibility index (Phi) is 4.64. The lowest BCUT2D eigenvalue weighted by Gasteiger charge is -2.35. The molecule has 1 aromatic carbocycles. The van der Waals surface area contributed by atoms with E-state index in [-0.39, 0.29) is 17.8 Å². The number of halogens is 2. The number of methoxy groups -OCH3 is 1. The number of hydrogen-bond acceptors (Lipinski definition) is 4. The minimum Gasteiger partial charge on any atom is -0.496 e. The van der Waals surface area contributed by atoms with Crippen LogP contribution in [0, 0.1) is 11.3 Å². The van der Waals surface area contributed by atoms with Crippen molar-refractivity contribution in [2.24, 2.45) is 0 Å². The number of aliphatic hydroxyl groups is 1. The Morgan fingerprint density at radius 2 is 1.92 bits per heavy atom. The van der Waals surface area contributed by atoms with E-state index in [4.69, 9.17) is 4.74 Å². The molecule has 0 radical (unpaired) electrons. The van der Waals surface area contributed by atoms with Crippen LogP contribution in [0.1, 0.15) is 55.6 Å². The summed E-state index contributed by atoms with van der Waals surface area (Å²) in [7, 11) is 1.50. The second-order valence-corrected chi connectivity index (χ2v) is 6.64. The summed E-state index contributed by atoms with van der Waals surface area (Å²) in [4.78, 5) is 0. The van der Waals surface area contributed by atoms with E-state index < -0.39 is 12.0 Å². The molecule has 2 aliphatic rings. The van der Waals surface area contributed by atoms with Gasteiger partial charge in [0.05, 0.1) is 24.7 Å². The van der Waals surface area contributed by atoms with Gasteiger partial charge >= 0.3 is 6.61 Å². The van der Waals surface area contributed by atoms with Crippen molar-refractivity contribution in [2.75, 3.05) is 7.11 Å². The summed E-state index contributed by atoms with van der Waals surface area (Å²) >= 11 is 0. The molecule has 1 N–H and O–H groups in total. The molecule has 6 heteroatoms. The van der Waals surface area contributed by atoms with Gasteiger partial charge in [0, 0.05) is 11.1 Å². The van der Waals surface area contributed by atoms with Crippen LogP contribution in [0.4, 0.5) is 8.78 Å². The van der Waals surface area contributed by atoms with Crippen molar-refractivity contribution in [1.82, 2.24) is 0 Å². The lowest BCUT2D eigenvalue weighted by atomic mass is 9.69. The maximum Gasteiger partial charge on any atom is 0.387 e. The molecule has 2 saturated carbocycles. The molecule has 2 aliphatic carbocycles. The number of alkyl halides is 2. The summed E-state index contributed by atoms with van der Waals surface area (Å²) < 4.78 is 35.7. The van der Waals surface area contributed by atoms with Crippen molar-refractivity contribution in [2.45, 2.75) is 62.6 Å². The number of nitrogens with zero attached hydrogens (tertiary/aromatic N) is 1. The van der Waals surface area contributed by atoms with Crippen LogP contribution in [0.2, 0.25) is 0 Å². The van der Waals surface area contributed by atoms with Gasteiger partial charge in [-0.2, -0.15) is 14.0 Å². The highest BCUT2D eigenvalue weighted by Crippen LogP contribution is 2.53. The second kappa shape index (κ2) is 6.56. The first-order chi connectivity index (χ1) is 11.5. The summed E-state index contributed by atoms with van der Waals surface area (Å²) in [6, 6.07) is 5.60. The predicted molar refractivity (Wildman–Crippen MR) is 83.4 cm³/mol.